The SMILES string of the molecule is O=C1[C@H]2C3c4ccccc4C(c4ccccc43)[C@@H]2C(=O)N1c1ccc(Br)cc1[N+](=O)[O-]. The maximum absolute atomic E-state index is 13.7. The Hall–Kier alpha value is -3.32. The first kappa shape index (κ1) is 18.4. The van der Waals surface area contributed by atoms with E-state index in [2.05, 4.69) is 15.9 Å². The van der Waals surface area contributed by atoms with Crippen LogP contribution in [0.5, 0.6) is 0 Å². The van der Waals surface area contributed by atoms with E-state index in [1.807, 2.05) is 48.5 Å². The second-order valence-corrected chi connectivity index (χ2v) is 9.08. The molecule has 3 aromatic rings. The average Bonchev–Trinajstić information content (AvgIpc) is 3.04. The van der Waals surface area contributed by atoms with Gasteiger partial charge in [-0.25, -0.2) is 4.90 Å². The van der Waals surface area contributed by atoms with Gasteiger partial charge in [-0.3, -0.25) is 19.7 Å². The maximum atomic E-state index is 13.7. The van der Waals surface area contributed by atoms with Crippen molar-refractivity contribution < 1.29 is 14.5 Å². The molecule has 0 N–H and O–H groups in total. The van der Waals surface area contributed by atoms with Crippen LogP contribution in [0.15, 0.2) is 71.2 Å². The van der Waals surface area contributed by atoms with Crippen molar-refractivity contribution in [2.75, 3.05) is 4.90 Å². The van der Waals surface area contributed by atoms with Crippen molar-refractivity contribution in [1.82, 2.24) is 0 Å². The predicted octanol–water partition coefficient (Wildman–Crippen LogP) is 4.75. The van der Waals surface area contributed by atoms with Gasteiger partial charge in [0.2, 0.25) is 11.8 Å². The average molecular weight is 475 g/mol. The Balaban J connectivity index is 1.57. The van der Waals surface area contributed by atoms with E-state index < -0.39 is 16.8 Å². The van der Waals surface area contributed by atoms with Crippen molar-refractivity contribution in [1.29, 1.82) is 0 Å². The van der Waals surface area contributed by atoms with E-state index in [9.17, 15) is 19.7 Å². The predicted molar refractivity (Wildman–Crippen MR) is 117 cm³/mol. The first-order valence-electron chi connectivity index (χ1n) is 9.98. The summed E-state index contributed by atoms with van der Waals surface area (Å²) < 4.78 is 0.513. The summed E-state index contributed by atoms with van der Waals surface area (Å²) in [5, 5.41) is 11.7. The number of imide groups is 1. The largest absolute Gasteiger partial charge is 0.294 e. The molecule has 7 rings (SSSR count). The molecule has 0 spiro atoms. The molecule has 2 bridgehead atoms. The van der Waals surface area contributed by atoms with Gasteiger partial charge in [0.05, 0.1) is 16.8 Å². The molecule has 1 saturated heterocycles. The molecule has 2 amide bonds. The minimum Gasteiger partial charge on any atom is -0.274 e. The van der Waals surface area contributed by atoms with E-state index in [1.54, 1.807) is 6.07 Å². The molecule has 0 saturated carbocycles. The number of carbonyl (C=O) groups is 2. The number of nitrogens with zero attached hydrogens (tertiary/aromatic N) is 2. The van der Waals surface area contributed by atoms with Gasteiger partial charge in [0, 0.05) is 22.4 Å². The Morgan fingerprint density at radius 3 is 1.65 bits per heavy atom. The Morgan fingerprint density at radius 2 is 1.23 bits per heavy atom. The number of amides is 2. The summed E-state index contributed by atoms with van der Waals surface area (Å²) in [7, 11) is 0. The van der Waals surface area contributed by atoms with Crippen molar-refractivity contribution in [3.05, 3.63) is 104 Å². The van der Waals surface area contributed by atoms with Crippen LogP contribution in [0.2, 0.25) is 0 Å². The van der Waals surface area contributed by atoms with Crippen LogP contribution in [-0.4, -0.2) is 16.7 Å². The van der Waals surface area contributed by atoms with E-state index in [1.165, 1.54) is 12.1 Å². The number of halogens is 1. The van der Waals surface area contributed by atoms with Crippen LogP contribution in [0.4, 0.5) is 11.4 Å². The normalized spacial score (nSPS) is 25.3. The highest BCUT2D eigenvalue weighted by Crippen LogP contribution is 2.61. The lowest BCUT2D eigenvalue weighted by atomic mass is 9.55. The molecule has 0 radical (unpaired) electrons. The number of hydrogen-bond donors (Lipinski definition) is 0. The molecular formula is C24H15BrN2O4. The molecule has 1 fully saturated rings. The van der Waals surface area contributed by atoms with Gasteiger partial charge in [-0.2, -0.15) is 0 Å². The smallest absolute Gasteiger partial charge is 0.274 e. The van der Waals surface area contributed by atoms with Crippen LogP contribution in [0.1, 0.15) is 34.1 Å². The minimum atomic E-state index is -0.564. The highest BCUT2D eigenvalue weighted by molar-refractivity contribution is 9.10. The lowest BCUT2D eigenvalue weighted by Crippen LogP contribution is -2.41. The molecule has 6 nitrogen and oxygen atoms in total. The van der Waals surface area contributed by atoms with Crippen LogP contribution in [0, 0.1) is 22.0 Å². The molecular weight excluding hydrogens is 460 g/mol. The van der Waals surface area contributed by atoms with Crippen molar-refractivity contribution in [3.8, 4) is 0 Å². The maximum Gasteiger partial charge on any atom is 0.294 e. The third-order valence-electron chi connectivity index (χ3n) is 6.82. The zero-order chi connectivity index (χ0) is 21.4. The van der Waals surface area contributed by atoms with Gasteiger partial charge in [0.15, 0.2) is 0 Å². The van der Waals surface area contributed by atoms with Gasteiger partial charge < -0.3 is 0 Å². The topological polar surface area (TPSA) is 80.5 Å². The molecule has 3 aromatic carbocycles. The zero-order valence-electron chi connectivity index (χ0n) is 16.1. The number of carbonyl (C=O) groups excluding carboxylic acids is 2. The Bertz CT molecular complexity index is 1200. The van der Waals surface area contributed by atoms with E-state index in [0.29, 0.717) is 4.47 Å². The van der Waals surface area contributed by atoms with Gasteiger partial charge in [-0.1, -0.05) is 64.5 Å². The Labute approximate surface area is 185 Å². The van der Waals surface area contributed by atoms with Crippen LogP contribution in [0.25, 0.3) is 0 Å². The summed E-state index contributed by atoms with van der Waals surface area (Å²) in [6, 6.07) is 20.3. The number of nitro benzene ring substituents is 1. The highest BCUT2D eigenvalue weighted by Gasteiger charge is 2.62. The van der Waals surface area contributed by atoms with Crippen LogP contribution < -0.4 is 4.90 Å². The molecule has 7 heteroatoms. The van der Waals surface area contributed by atoms with E-state index in [4.69, 9.17) is 0 Å². The molecule has 1 aliphatic heterocycles. The summed E-state index contributed by atoms with van der Waals surface area (Å²) in [4.78, 5) is 39.6. The molecule has 1 heterocycles. The minimum absolute atomic E-state index is 0.0325. The molecule has 0 unspecified atom stereocenters. The van der Waals surface area contributed by atoms with E-state index in [0.717, 1.165) is 27.2 Å². The molecule has 0 aromatic heterocycles. The van der Waals surface area contributed by atoms with Crippen LogP contribution in [0.3, 0.4) is 0 Å². The van der Waals surface area contributed by atoms with Gasteiger partial charge in [-0.15, -0.1) is 0 Å². The lowest BCUT2D eigenvalue weighted by Gasteiger charge is -2.45. The Kier molecular flexibility index (Phi) is 3.77. The number of benzene rings is 3. The number of anilines is 1. The molecule has 31 heavy (non-hydrogen) atoms. The van der Waals surface area contributed by atoms with Crippen molar-refractivity contribution in [3.63, 3.8) is 0 Å². The fourth-order valence-corrected chi connectivity index (χ4v) is 6.10. The van der Waals surface area contributed by atoms with Crippen molar-refractivity contribution >= 4 is 39.1 Å². The van der Waals surface area contributed by atoms with Gasteiger partial charge in [-0.05, 0) is 34.4 Å². The summed E-state index contributed by atoms with van der Waals surface area (Å²) in [5.74, 6) is -2.33. The first-order valence-corrected chi connectivity index (χ1v) is 10.8. The fourth-order valence-electron chi connectivity index (χ4n) is 5.75. The van der Waals surface area contributed by atoms with Gasteiger partial charge >= 0.3 is 0 Å². The number of hydrogen-bond acceptors (Lipinski definition) is 4. The standard InChI is InChI=1S/C24H15BrN2O4/c25-12-9-10-17(18(11-12)27(30)31)26-23(28)21-19-13-5-1-2-6-14(13)20(22(21)24(26)29)16-8-4-3-7-15(16)19/h1-11,19-22H/t19?,20?,21-,22-/m0/s1. The second-order valence-electron chi connectivity index (χ2n) is 8.17. The van der Waals surface area contributed by atoms with Crippen molar-refractivity contribution in [2.24, 2.45) is 11.8 Å². The summed E-state index contributed by atoms with van der Waals surface area (Å²) in [6.07, 6.45) is 0. The third kappa shape index (κ3) is 2.32. The van der Waals surface area contributed by atoms with Gasteiger partial charge in [0.25, 0.3) is 5.69 Å². The third-order valence-corrected chi connectivity index (χ3v) is 7.32. The molecule has 3 aliphatic carbocycles. The van der Waals surface area contributed by atoms with Crippen LogP contribution >= 0.6 is 15.9 Å². The summed E-state index contributed by atoms with van der Waals surface area (Å²) >= 11 is 3.24. The van der Waals surface area contributed by atoms with E-state index >= 15 is 0 Å². The monoisotopic (exact) mass is 474 g/mol. The zero-order valence-corrected chi connectivity index (χ0v) is 17.7. The highest BCUT2D eigenvalue weighted by atomic mass is 79.9. The first-order chi connectivity index (χ1) is 15.0. The Morgan fingerprint density at radius 1 is 0.774 bits per heavy atom. The lowest BCUT2D eigenvalue weighted by molar-refractivity contribution is -0.384. The summed E-state index contributed by atoms with van der Waals surface area (Å²) in [5.41, 5.74) is 4.05. The molecule has 152 valence electrons. The fraction of sp³-hybridized carbons (Fsp3) is 0.167. The van der Waals surface area contributed by atoms with Crippen LogP contribution in [-0.2, 0) is 9.59 Å². The number of nitro groups is 1. The summed E-state index contributed by atoms with van der Waals surface area (Å²) in [6.45, 7) is 0. The number of rotatable bonds is 2. The van der Waals surface area contributed by atoms with E-state index in [-0.39, 0.29) is 35.0 Å². The molecule has 2 atom stereocenters. The quantitative estimate of drug-likeness (QED) is 0.304. The second kappa shape index (κ2) is 6.34. The van der Waals surface area contributed by atoms with Crippen molar-refractivity contribution in [2.45, 2.75) is 11.8 Å². The van der Waals surface area contributed by atoms with Gasteiger partial charge in [0.1, 0.15) is 5.69 Å². The molecule has 4 aliphatic rings.